The van der Waals surface area contributed by atoms with Gasteiger partial charge in [0.25, 0.3) is 5.91 Å². The van der Waals surface area contributed by atoms with E-state index in [-0.39, 0.29) is 12.5 Å². The molecule has 0 bridgehead atoms. The molecule has 0 saturated carbocycles. The van der Waals surface area contributed by atoms with Gasteiger partial charge < -0.3 is 5.11 Å². The summed E-state index contributed by atoms with van der Waals surface area (Å²) in [5.74, 6) is -1.31. The van der Waals surface area contributed by atoms with Crippen LogP contribution in [0.1, 0.15) is 20.1 Å². The van der Waals surface area contributed by atoms with Gasteiger partial charge in [-0.3, -0.25) is 14.5 Å². The number of carbonyl (C=O) groups excluding carboxylic acids is 1. The zero-order chi connectivity index (χ0) is 14.7. The van der Waals surface area contributed by atoms with Crippen LogP contribution in [-0.2, 0) is 4.79 Å². The lowest BCUT2D eigenvalue weighted by molar-refractivity contribution is -0.135. The first-order chi connectivity index (χ1) is 9.49. The molecule has 0 aliphatic heterocycles. The van der Waals surface area contributed by atoms with E-state index in [1.807, 2.05) is 19.9 Å². The number of aliphatic carboxylic acids is 1. The highest BCUT2D eigenvalue weighted by molar-refractivity contribution is 7.14. The maximum absolute atomic E-state index is 12.5. The summed E-state index contributed by atoms with van der Waals surface area (Å²) in [4.78, 5) is 26.4. The number of benzene rings is 1. The molecule has 0 radical (unpaired) electrons. The average Bonchev–Trinajstić information content (AvgIpc) is 2.76. The molecule has 0 aliphatic carbocycles. The van der Waals surface area contributed by atoms with Crippen LogP contribution in [0.5, 0.6) is 0 Å². The van der Waals surface area contributed by atoms with Gasteiger partial charge in [-0.2, -0.15) is 0 Å². The molecule has 104 valence electrons. The Bertz CT molecular complexity index is 614. The molecule has 1 aromatic heterocycles. The highest BCUT2D eigenvalue weighted by atomic mass is 32.1. The van der Waals surface area contributed by atoms with Crippen molar-refractivity contribution in [2.45, 2.75) is 13.8 Å². The third-order valence-corrected chi connectivity index (χ3v) is 4.12. The first-order valence-electron chi connectivity index (χ1n) is 6.15. The molecule has 0 aliphatic rings. The summed E-state index contributed by atoms with van der Waals surface area (Å²) in [7, 11) is 0. The van der Waals surface area contributed by atoms with Gasteiger partial charge in [0.1, 0.15) is 6.54 Å². The number of hydrogen-bond acceptors (Lipinski definition) is 3. The van der Waals surface area contributed by atoms with Gasteiger partial charge in [-0.15, -0.1) is 11.3 Å². The van der Waals surface area contributed by atoms with Crippen molar-refractivity contribution >= 4 is 28.9 Å². The number of carbonyl (C=O) groups is 2. The van der Waals surface area contributed by atoms with Crippen LogP contribution in [0, 0.1) is 13.8 Å². The molecule has 0 fully saturated rings. The Kier molecular flexibility index (Phi) is 4.20. The molecule has 2 rings (SSSR count). The van der Waals surface area contributed by atoms with Crippen LogP contribution in [0.4, 0.5) is 5.69 Å². The van der Waals surface area contributed by atoms with Gasteiger partial charge in [0.05, 0.1) is 4.88 Å². The molecule has 1 aromatic carbocycles. The Labute approximate surface area is 121 Å². The SMILES string of the molecule is Cc1cc(C(=O)N(CC(=O)O)c2ccccc2)sc1C. The van der Waals surface area contributed by atoms with Crippen molar-refractivity contribution in [3.05, 3.63) is 51.7 Å². The fraction of sp³-hybridized carbons (Fsp3) is 0.200. The predicted molar refractivity (Wildman–Crippen MR) is 79.5 cm³/mol. The second-order valence-electron chi connectivity index (χ2n) is 4.47. The molecule has 1 amide bonds. The number of carboxylic acids is 1. The third-order valence-electron chi connectivity index (χ3n) is 2.98. The van der Waals surface area contributed by atoms with Crippen molar-refractivity contribution in [2.75, 3.05) is 11.4 Å². The monoisotopic (exact) mass is 289 g/mol. The number of thiophene rings is 1. The first-order valence-corrected chi connectivity index (χ1v) is 6.96. The van der Waals surface area contributed by atoms with Crippen molar-refractivity contribution < 1.29 is 14.7 Å². The van der Waals surface area contributed by atoms with Crippen LogP contribution in [0.25, 0.3) is 0 Å². The lowest BCUT2D eigenvalue weighted by Crippen LogP contribution is -2.35. The van der Waals surface area contributed by atoms with E-state index in [0.29, 0.717) is 10.6 Å². The normalized spacial score (nSPS) is 10.3. The number of rotatable bonds is 4. The van der Waals surface area contributed by atoms with E-state index < -0.39 is 5.97 Å². The van der Waals surface area contributed by atoms with Crippen LogP contribution in [-0.4, -0.2) is 23.5 Å². The average molecular weight is 289 g/mol. The second kappa shape index (κ2) is 5.88. The van der Waals surface area contributed by atoms with Crippen molar-refractivity contribution in [1.82, 2.24) is 0 Å². The summed E-state index contributed by atoms with van der Waals surface area (Å²) < 4.78 is 0. The van der Waals surface area contributed by atoms with Crippen molar-refractivity contribution in [1.29, 1.82) is 0 Å². The molecule has 5 heteroatoms. The summed E-state index contributed by atoms with van der Waals surface area (Å²) in [5, 5.41) is 9.01. The van der Waals surface area contributed by atoms with Crippen molar-refractivity contribution in [2.24, 2.45) is 0 Å². The molecule has 2 aromatic rings. The minimum Gasteiger partial charge on any atom is -0.480 e. The van der Waals surface area contributed by atoms with E-state index in [1.54, 1.807) is 30.3 Å². The number of carboxylic acid groups (broad SMARTS) is 1. The molecular weight excluding hydrogens is 274 g/mol. The molecule has 1 heterocycles. The Hall–Kier alpha value is -2.14. The van der Waals surface area contributed by atoms with Crippen molar-refractivity contribution in [3.8, 4) is 0 Å². The zero-order valence-corrected chi connectivity index (χ0v) is 12.1. The summed E-state index contributed by atoms with van der Waals surface area (Å²) in [6.07, 6.45) is 0. The highest BCUT2D eigenvalue weighted by Gasteiger charge is 2.22. The first kappa shape index (κ1) is 14.3. The molecule has 20 heavy (non-hydrogen) atoms. The number of anilines is 1. The highest BCUT2D eigenvalue weighted by Crippen LogP contribution is 2.24. The predicted octanol–water partition coefficient (Wildman–Crippen LogP) is 3.10. The molecular formula is C15H15NO3S. The fourth-order valence-corrected chi connectivity index (χ4v) is 2.82. The minimum atomic E-state index is -1.03. The van der Waals surface area contributed by atoms with Crippen LogP contribution in [0.3, 0.4) is 0 Å². The maximum Gasteiger partial charge on any atom is 0.323 e. The smallest absolute Gasteiger partial charge is 0.323 e. The lowest BCUT2D eigenvalue weighted by Gasteiger charge is -2.20. The Morgan fingerprint density at radius 3 is 2.35 bits per heavy atom. The number of aryl methyl sites for hydroxylation is 2. The van der Waals surface area contributed by atoms with E-state index >= 15 is 0 Å². The lowest BCUT2D eigenvalue weighted by atomic mass is 10.2. The largest absolute Gasteiger partial charge is 0.480 e. The van der Waals surface area contributed by atoms with E-state index in [4.69, 9.17) is 5.11 Å². The van der Waals surface area contributed by atoms with Crippen LogP contribution >= 0.6 is 11.3 Å². The van der Waals surface area contributed by atoms with Crippen molar-refractivity contribution in [3.63, 3.8) is 0 Å². The summed E-state index contributed by atoms with van der Waals surface area (Å²) in [5.41, 5.74) is 1.63. The third kappa shape index (κ3) is 3.05. The molecule has 1 N–H and O–H groups in total. The summed E-state index contributed by atoms with van der Waals surface area (Å²) >= 11 is 1.39. The zero-order valence-electron chi connectivity index (χ0n) is 11.3. The molecule has 0 saturated heterocycles. The number of nitrogens with zero attached hydrogens (tertiary/aromatic N) is 1. The number of para-hydroxylation sites is 1. The topological polar surface area (TPSA) is 57.6 Å². The van der Waals surface area contributed by atoms with Crippen LogP contribution < -0.4 is 4.90 Å². The fourth-order valence-electron chi connectivity index (χ4n) is 1.84. The van der Waals surface area contributed by atoms with E-state index in [9.17, 15) is 9.59 Å². The summed E-state index contributed by atoms with van der Waals surface area (Å²) in [6.45, 7) is 3.53. The minimum absolute atomic E-state index is 0.278. The quantitative estimate of drug-likeness (QED) is 0.941. The molecule has 0 atom stereocenters. The van der Waals surface area contributed by atoms with E-state index in [1.165, 1.54) is 16.2 Å². The Balaban J connectivity index is 2.36. The Morgan fingerprint density at radius 1 is 1.20 bits per heavy atom. The summed E-state index contributed by atoms with van der Waals surface area (Å²) in [6, 6.07) is 10.7. The van der Waals surface area contributed by atoms with Gasteiger partial charge in [0, 0.05) is 10.6 Å². The molecule has 0 unspecified atom stereocenters. The second-order valence-corrected chi connectivity index (χ2v) is 5.73. The maximum atomic E-state index is 12.5. The number of hydrogen-bond donors (Lipinski definition) is 1. The van der Waals surface area contributed by atoms with Gasteiger partial charge in [0.15, 0.2) is 0 Å². The van der Waals surface area contributed by atoms with E-state index in [0.717, 1.165) is 10.4 Å². The molecule has 4 nitrogen and oxygen atoms in total. The van der Waals surface area contributed by atoms with Gasteiger partial charge in [-0.1, -0.05) is 18.2 Å². The molecule has 0 spiro atoms. The van der Waals surface area contributed by atoms with Gasteiger partial charge >= 0.3 is 5.97 Å². The van der Waals surface area contributed by atoms with Gasteiger partial charge in [0.2, 0.25) is 0 Å². The van der Waals surface area contributed by atoms with Crippen LogP contribution in [0.15, 0.2) is 36.4 Å². The van der Waals surface area contributed by atoms with Crippen LogP contribution in [0.2, 0.25) is 0 Å². The van der Waals surface area contributed by atoms with E-state index in [2.05, 4.69) is 0 Å². The van der Waals surface area contributed by atoms with Gasteiger partial charge in [-0.25, -0.2) is 0 Å². The number of amides is 1. The van der Waals surface area contributed by atoms with Gasteiger partial charge in [-0.05, 0) is 37.6 Å². The Morgan fingerprint density at radius 2 is 1.85 bits per heavy atom. The standard InChI is InChI=1S/C15H15NO3S/c1-10-8-13(20-11(10)2)15(19)16(9-14(17)18)12-6-4-3-5-7-12/h3-8H,9H2,1-2H3,(H,17,18).